The summed E-state index contributed by atoms with van der Waals surface area (Å²) in [5, 5.41) is 0. The standard InChI is InChI=1S/C8H12N2O2/c1-12-8(11)7(9)4-6-2-3-10-5-6/h3,5,7H,2,4,9H2,1H3. The minimum absolute atomic E-state index is 0.372. The summed E-state index contributed by atoms with van der Waals surface area (Å²) in [5.74, 6) is -0.372. The highest BCUT2D eigenvalue weighted by Gasteiger charge is 2.15. The summed E-state index contributed by atoms with van der Waals surface area (Å²) in [6, 6.07) is -0.553. The molecule has 12 heavy (non-hydrogen) atoms. The monoisotopic (exact) mass is 168 g/mol. The molecule has 1 rings (SSSR count). The quantitative estimate of drug-likeness (QED) is 0.614. The lowest BCUT2D eigenvalue weighted by molar-refractivity contribution is -0.142. The van der Waals surface area contributed by atoms with Crippen LogP contribution in [0.4, 0.5) is 0 Å². The van der Waals surface area contributed by atoms with Crippen LogP contribution in [0.2, 0.25) is 0 Å². The van der Waals surface area contributed by atoms with E-state index < -0.39 is 6.04 Å². The fraction of sp³-hybridized carbons (Fsp3) is 0.500. The number of methoxy groups -OCH3 is 1. The molecular formula is C8H12N2O2. The third-order valence-electron chi connectivity index (χ3n) is 1.70. The lowest BCUT2D eigenvalue weighted by atomic mass is 10.1. The molecule has 0 spiro atoms. The van der Waals surface area contributed by atoms with Gasteiger partial charge in [-0.3, -0.25) is 9.79 Å². The van der Waals surface area contributed by atoms with Crippen LogP contribution in [0.3, 0.4) is 0 Å². The number of aliphatic imine (C=N–C) groups is 1. The smallest absolute Gasteiger partial charge is 0.322 e. The van der Waals surface area contributed by atoms with Crippen LogP contribution in [0, 0.1) is 0 Å². The Labute approximate surface area is 71.1 Å². The molecule has 1 aliphatic heterocycles. The molecule has 0 fully saturated rings. The van der Waals surface area contributed by atoms with E-state index in [9.17, 15) is 4.79 Å². The molecule has 0 saturated heterocycles. The highest BCUT2D eigenvalue weighted by atomic mass is 16.5. The first-order chi connectivity index (χ1) is 5.74. The number of nitrogens with two attached hydrogens (primary N) is 1. The Morgan fingerprint density at radius 1 is 1.92 bits per heavy atom. The Bertz CT molecular complexity index is 233. The van der Waals surface area contributed by atoms with Crippen molar-refractivity contribution >= 4 is 12.2 Å². The van der Waals surface area contributed by atoms with Gasteiger partial charge < -0.3 is 10.5 Å². The molecule has 1 heterocycles. The fourth-order valence-electron chi connectivity index (χ4n) is 1.03. The van der Waals surface area contributed by atoms with Crippen LogP contribution in [-0.2, 0) is 9.53 Å². The van der Waals surface area contributed by atoms with Crippen LogP contribution in [-0.4, -0.2) is 25.3 Å². The number of esters is 1. The second-order valence-corrected chi connectivity index (χ2v) is 2.66. The SMILES string of the molecule is COC(=O)C(N)CC1=CN=CC1. The summed E-state index contributed by atoms with van der Waals surface area (Å²) >= 11 is 0. The second kappa shape index (κ2) is 4.01. The third-order valence-corrected chi connectivity index (χ3v) is 1.70. The van der Waals surface area contributed by atoms with Gasteiger partial charge in [0, 0.05) is 18.8 Å². The molecule has 0 bridgehead atoms. The Balaban J connectivity index is 2.36. The molecular weight excluding hydrogens is 156 g/mol. The van der Waals surface area contributed by atoms with Gasteiger partial charge in [0.2, 0.25) is 0 Å². The number of ether oxygens (including phenoxy) is 1. The van der Waals surface area contributed by atoms with Crippen LogP contribution in [0.5, 0.6) is 0 Å². The topological polar surface area (TPSA) is 64.7 Å². The van der Waals surface area contributed by atoms with Gasteiger partial charge in [0.25, 0.3) is 0 Å². The van der Waals surface area contributed by atoms with Crippen molar-refractivity contribution in [2.45, 2.75) is 18.9 Å². The zero-order valence-corrected chi connectivity index (χ0v) is 6.99. The van der Waals surface area contributed by atoms with Crippen molar-refractivity contribution in [2.24, 2.45) is 10.7 Å². The molecule has 1 aliphatic rings. The fourth-order valence-corrected chi connectivity index (χ4v) is 1.03. The van der Waals surface area contributed by atoms with Crippen molar-refractivity contribution in [2.75, 3.05) is 7.11 Å². The molecule has 4 heteroatoms. The number of rotatable bonds is 3. The third kappa shape index (κ3) is 2.17. The maximum Gasteiger partial charge on any atom is 0.322 e. The summed E-state index contributed by atoms with van der Waals surface area (Å²) in [4.78, 5) is 14.8. The predicted molar refractivity (Wildman–Crippen MR) is 45.8 cm³/mol. The summed E-state index contributed by atoms with van der Waals surface area (Å²) < 4.78 is 4.49. The predicted octanol–water partition coefficient (Wildman–Crippen LogP) is 0.235. The molecule has 0 radical (unpaired) electrons. The van der Waals surface area contributed by atoms with Crippen molar-refractivity contribution in [1.29, 1.82) is 0 Å². The molecule has 0 aromatic carbocycles. The maximum atomic E-state index is 10.9. The van der Waals surface area contributed by atoms with Crippen LogP contribution in [0.25, 0.3) is 0 Å². The number of carbonyl (C=O) groups excluding carboxylic acids is 1. The molecule has 0 aromatic heterocycles. The minimum Gasteiger partial charge on any atom is -0.468 e. The first-order valence-electron chi connectivity index (χ1n) is 3.77. The highest BCUT2D eigenvalue weighted by molar-refractivity contribution is 5.76. The van der Waals surface area contributed by atoms with Crippen LogP contribution in [0.1, 0.15) is 12.8 Å². The van der Waals surface area contributed by atoms with E-state index in [1.807, 2.05) is 0 Å². The molecule has 1 atom stereocenters. The van der Waals surface area contributed by atoms with Crippen LogP contribution in [0.15, 0.2) is 16.8 Å². The highest BCUT2D eigenvalue weighted by Crippen LogP contribution is 2.12. The van der Waals surface area contributed by atoms with Gasteiger partial charge in [0.1, 0.15) is 6.04 Å². The maximum absolute atomic E-state index is 10.9. The van der Waals surface area contributed by atoms with Gasteiger partial charge >= 0.3 is 5.97 Å². The van der Waals surface area contributed by atoms with E-state index in [0.717, 1.165) is 12.0 Å². The van der Waals surface area contributed by atoms with Crippen LogP contribution < -0.4 is 5.73 Å². The van der Waals surface area contributed by atoms with Gasteiger partial charge in [-0.15, -0.1) is 0 Å². The zero-order chi connectivity index (χ0) is 8.97. The first kappa shape index (κ1) is 8.93. The van der Waals surface area contributed by atoms with Crippen molar-refractivity contribution < 1.29 is 9.53 Å². The van der Waals surface area contributed by atoms with Gasteiger partial charge in [0.05, 0.1) is 7.11 Å². The van der Waals surface area contributed by atoms with E-state index in [2.05, 4.69) is 9.73 Å². The van der Waals surface area contributed by atoms with E-state index in [1.54, 1.807) is 12.4 Å². The van der Waals surface area contributed by atoms with E-state index in [0.29, 0.717) is 6.42 Å². The van der Waals surface area contributed by atoms with Gasteiger partial charge in [-0.2, -0.15) is 0 Å². The lowest BCUT2D eigenvalue weighted by Crippen LogP contribution is -2.31. The number of hydrogen-bond donors (Lipinski definition) is 1. The van der Waals surface area contributed by atoms with E-state index in [4.69, 9.17) is 5.73 Å². The average molecular weight is 168 g/mol. The van der Waals surface area contributed by atoms with Gasteiger partial charge in [-0.1, -0.05) is 0 Å². The van der Waals surface area contributed by atoms with Gasteiger partial charge in [0.15, 0.2) is 0 Å². The molecule has 0 aromatic rings. The van der Waals surface area contributed by atoms with Gasteiger partial charge in [-0.25, -0.2) is 0 Å². The molecule has 0 amide bonds. The van der Waals surface area contributed by atoms with E-state index in [-0.39, 0.29) is 5.97 Å². The number of carbonyl (C=O) groups is 1. The number of hydrogen-bond acceptors (Lipinski definition) is 4. The van der Waals surface area contributed by atoms with Gasteiger partial charge in [-0.05, 0) is 12.0 Å². The Kier molecular flexibility index (Phi) is 2.99. The lowest BCUT2D eigenvalue weighted by Gasteiger charge is -2.08. The molecule has 2 N–H and O–H groups in total. The van der Waals surface area contributed by atoms with Crippen molar-refractivity contribution in [3.05, 3.63) is 11.8 Å². The summed E-state index contributed by atoms with van der Waals surface area (Å²) in [7, 11) is 1.34. The molecule has 66 valence electrons. The molecule has 0 aliphatic carbocycles. The van der Waals surface area contributed by atoms with E-state index >= 15 is 0 Å². The second-order valence-electron chi connectivity index (χ2n) is 2.66. The largest absolute Gasteiger partial charge is 0.468 e. The summed E-state index contributed by atoms with van der Waals surface area (Å²) in [6.45, 7) is 0. The van der Waals surface area contributed by atoms with Crippen molar-refractivity contribution in [3.8, 4) is 0 Å². The zero-order valence-electron chi connectivity index (χ0n) is 6.99. The van der Waals surface area contributed by atoms with Crippen molar-refractivity contribution in [1.82, 2.24) is 0 Å². The number of nitrogens with zero attached hydrogens (tertiary/aromatic N) is 1. The summed E-state index contributed by atoms with van der Waals surface area (Å²) in [6.07, 6.45) is 4.86. The Morgan fingerprint density at radius 2 is 2.67 bits per heavy atom. The van der Waals surface area contributed by atoms with Crippen LogP contribution >= 0.6 is 0 Å². The Hall–Kier alpha value is -1.16. The van der Waals surface area contributed by atoms with E-state index in [1.165, 1.54) is 7.11 Å². The molecule has 0 saturated carbocycles. The van der Waals surface area contributed by atoms with Crippen molar-refractivity contribution in [3.63, 3.8) is 0 Å². The molecule has 4 nitrogen and oxygen atoms in total. The molecule has 1 unspecified atom stereocenters. The minimum atomic E-state index is -0.553. The first-order valence-corrected chi connectivity index (χ1v) is 3.77. The normalized spacial score (nSPS) is 17.3. The Morgan fingerprint density at radius 3 is 3.17 bits per heavy atom. The summed E-state index contributed by atoms with van der Waals surface area (Å²) in [5.41, 5.74) is 6.61. The average Bonchev–Trinajstić information content (AvgIpc) is 2.55.